The highest BCUT2D eigenvalue weighted by Gasteiger charge is 2.30. The third-order valence-electron chi connectivity index (χ3n) is 6.49. The largest absolute Gasteiger partial charge is 0.454 e. The standard InChI is InChI=1S/C30H34N2O4/c1-3-17-31-30(34)26(18-23-10-5-4-6-11-23)32(20-25-12-8-7-9-22(25)2)29(33)16-14-24-13-15-27-28(19-24)36-21-35-27/h4-13,15,19,26H,3,14,16-18,20-21H2,1-2H3,(H,31,34)/t26-/m1/s1. The molecule has 1 atom stereocenters. The predicted molar refractivity (Wildman–Crippen MR) is 140 cm³/mol. The molecule has 0 saturated heterocycles. The van der Waals surface area contributed by atoms with E-state index in [9.17, 15) is 9.59 Å². The van der Waals surface area contributed by atoms with Gasteiger partial charge < -0.3 is 19.7 Å². The lowest BCUT2D eigenvalue weighted by molar-refractivity contribution is -0.141. The first-order valence-corrected chi connectivity index (χ1v) is 12.6. The summed E-state index contributed by atoms with van der Waals surface area (Å²) in [7, 11) is 0. The van der Waals surface area contributed by atoms with Crippen molar-refractivity contribution in [2.45, 2.75) is 52.1 Å². The van der Waals surface area contributed by atoms with Gasteiger partial charge in [-0.15, -0.1) is 0 Å². The Labute approximate surface area is 213 Å². The summed E-state index contributed by atoms with van der Waals surface area (Å²) in [6.45, 7) is 5.23. The van der Waals surface area contributed by atoms with Gasteiger partial charge in [0.05, 0.1) is 0 Å². The Morgan fingerprint density at radius 1 is 0.944 bits per heavy atom. The zero-order valence-electron chi connectivity index (χ0n) is 21.0. The van der Waals surface area contributed by atoms with Crippen molar-refractivity contribution in [3.63, 3.8) is 0 Å². The van der Waals surface area contributed by atoms with Crippen LogP contribution in [0.3, 0.4) is 0 Å². The van der Waals surface area contributed by atoms with Crippen molar-refractivity contribution in [2.24, 2.45) is 0 Å². The first-order chi connectivity index (χ1) is 17.5. The molecule has 6 heteroatoms. The molecule has 1 aliphatic heterocycles. The van der Waals surface area contributed by atoms with E-state index in [0.717, 1.165) is 34.4 Å². The molecule has 188 valence electrons. The van der Waals surface area contributed by atoms with E-state index in [-0.39, 0.29) is 25.0 Å². The molecule has 2 amide bonds. The Morgan fingerprint density at radius 2 is 1.69 bits per heavy atom. The molecule has 0 aliphatic carbocycles. The normalized spacial score (nSPS) is 12.7. The Hall–Kier alpha value is -3.80. The van der Waals surface area contributed by atoms with Crippen LogP contribution < -0.4 is 14.8 Å². The lowest BCUT2D eigenvalue weighted by Crippen LogP contribution is -2.50. The van der Waals surface area contributed by atoms with Crippen LogP contribution in [0.2, 0.25) is 0 Å². The van der Waals surface area contributed by atoms with Crippen molar-refractivity contribution in [3.8, 4) is 11.5 Å². The molecule has 0 spiro atoms. The molecule has 0 bridgehead atoms. The maximum atomic E-state index is 13.8. The predicted octanol–water partition coefficient (Wildman–Crippen LogP) is 4.82. The minimum absolute atomic E-state index is 0.0523. The first-order valence-electron chi connectivity index (χ1n) is 12.6. The molecule has 1 aliphatic rings. The fraction of sp³-hybridized carbons (Fsp3) is 0.333. The average molecular weight is 487 g/mol. The highest BCUT2D eigenvalue weighted by atomic mass is 16.7. The van der Waals surface area contributed by atoms with E-state index in [1.54, 1.807) is 4.90 Å². The number of carbonyl (C=O) groups is 2. The second-order valence-electron chi connectivity index (χ2n) is 9.13. The molecule has 0 aromatic heterocycles. The molecule has 1 N–H and O–H groups in total. The zero-order chi connectivity index (χ0) is 25.3. The van der Waals surface area contributed by atoms with Crippen LogP contribution >= 0.6 is 0 Å². The van der Waals surface area contributed by atoms with E-state index in [1.165, 1.54) is 0 Å². The highest BCUT2D eigenvalue weighted by molar-refractivity contribution is 5.88. The van der Waals surface area contributed by atoms with Crippen LogP contribution in [0.4, 0.5) is 0 Å². The number of amides is 2. The number of rotatable bonds is 11. The van der Waals surface area contributed by atoms with Crippen LogP contribution in [0.25, 0.3) is 0 Å². The number of fused-ring (bicyclic) bond motifs is 1. The number of benzene rings is 3. The number of aryl methyl sites for hydroxylation is 2. The topological polar surface area (TPSA) is 67.9 Å². The van der Waals surface area contributed by atoms with Crippen molar-refractivity contribution in [1.82, 2.24) is 10.2 Å². The SMILES string of the molecule is CCCNC(=O)[C@@H](Cc1ccccc1)N(Cc1ccccc1C)C(=O)CCc1ccc2c(c1)OCO2. The molecule has 3 aromatic carbocycles. The third-order valence-corrected chi connectivity index (χ3v) is 6.49. The van der Waals surface area contributed by atoms with E-state index in [0.29, 0.717) is 31.7 Å². The smallest absolute Gasteiger partial charge is 0.243 e. The molecule has 3 aromatic rings. The zero-order valence-corrected chi connectivity index (χ0v) is 21.0. The molecule has 4 rings (SSSR count). The summed E-state index contributed by atoms with van der Waals surface area (Å²) in [6, 6.07) is 23.1. The van der Waals surface area contributed by atoms with Crippen molar-refractivity contribution < 1.29 is 19.1 Å². The molecule has 6 nitrogen and oxygen atoms in total. The van der Waals surface area contributed by atoms with Gasteiger partial charge in [0, 0.05) is 25.9 Å². The molecule has 0 saturated carbocycles. The minimum Gasteiger partial charge on any atom is -0.454 e. The number of nitrogens with zero attached hydrogens (tertiary/aromatic N) is 1. The molecule has 0 unspecified atom stereocenters. The van der Waals surface area contributed by atoms with Gasteiger partial charge in [0.2, 0.25) is 18.6 Å². The molecule has 0 fully saturated rings. The first kappa shape index (κ1) is 25.3. The van der Waals surface area contributed by atoms with Gasteiger partial charge in [-0.25, -0.2) is 0 Å². The van der Waals surface area contributed by atoms with Crippen LogP contribution in [0.15, 0.2) is 72.8 Å². The lowest BCUT2D eigenvalue weighted by Gasteiger charge is -2.32. The van der Waals surface area contributed by atoms with Gasteiger partial charge >= 0.3 is 0 Å². The van der Waals surface area contributed by atoms with Gasteiger partial charge in [0.25, 0.3) is 0 Å². The van der Waals surface area contributed by atoms with Crippen LogP contribution in [-0.4, -0.2) is 36.1 Å². The fourth-order valence-electron chi connectivity index (χ4n) is 4.38. The van der Waals surface area contributed by atoms with Crippen molar-refractivity contribution >= 4 is 11.8 Å². The quantitative estimate of drug-likeness (QED) is 0.422. The van der Waals surface area contributed by atoms with E-state index < -0.39 is 6.04 Å². The fourth-order valence-corrected chi connectivity index (χ4v) is 4.38. The van der Waals surface area contributed by atoms with Crippen molar-refractivity contribution in [3.05, 3.63) is 95.1 Å². The maximum absolute atomic E-state index is 13.8. The Kier molecular flexibility index (Phi) is 8.61. The Balaban J connectivity index is 1.59. The second-order valence-corrected chi connectivity index (χ2v) is 9.13. The molecule has 0 radical (unpaired) electrons. The Morgan fingerprint density at radius 3 is 2.47 bits per heavy atom. The number of carbonyl (C=O) groups excluding carboxylic acids is 2. The van der Waals surface area contributed by atoms with Crippen LogP contribution in [0.5, 0.6) is 11.5 Å². The van der Waals surface area contributed by atoms with E-state index in [4.69, 9.17) is 9.47 Å². The van der Waals surface area contributed by atoms with E-state index >= 15 is 0 Å². The van der Waals surface area contributed by atoms with Crippen molar-refractivity contribution in [2.75, 3.05) is 13.3 Å². The molecule has 1 heterocycles. The number of hydrogen-bond donors (Lipinski definition) is 1. The summed E-state index contributed by atoms with van der Waals surface area (Å²) >= 11 is 0. The number of hydrogen-bond acceptors (Lipinski definition) is 4. The van der Waals surface area contributed by atoms with E-state index in [1.807, 2.05) is 86.6 Å². The summed E-state index contributed by atoms with van der Waals surface area (Å²) in [5.74, 6) is 1.26. The lowest BCUT2D eigenvalue weighted by atomic mass is 10.0. The second kappa shape index (κ2) is 12.2. The number of nitrogens with one attached hydrogen (secondary N) is 1. The molecular formula is C30H34N2O4. The summed E-state index contributed by atoms with van der Waals surface area (Å²) in [6.07, 6.45) is 2.13. The summed E-state index contributed by atoms with van der Waals surface area (Å²) in [4.78, 5) is 28.9. The van der Waals surface area contributed by atoms with Crippen LogP contribution in [0.1, 0.15) is 42.0 Å². The van der Waals surface area contributed by atoms with E-state index in [2.05, 4.69) is 5.32 Å². The molecule has 36 heavy (non-hydrogen) atoms. The summed E-state index contributed by atoms with van der Waals surface area (Å²) in [5.41, 5.74) is 4.15. The van der Waals surface area contributed by atoms with Gasteiger partial charge in [0.1, 0.15) is 6.04 Å². The average Bonchev–Trinajstić information content (AvgIpc) is 3.37. The summed E-state index contributed by atoms with van der Waals surface area (Å²) in [5, 5.41) is 3.03. The Bertz CT molecular complexity index is 1180. The van der Waals surface area contributed by atoms with Crippen LogP contribution in [0, 0.1) is 6.92 Å². The monoisotopic (exact) mass is 486 g/mol. The van der Waals surface area contributed by atoms with Gasteiger partial charge in [-0.05, 0) is 54.2 Å². The minimum atomic E-state index is -0.609. The number of ether oxygens (including phenoxy) is 2. The summed E-state index contributed by atoms with van der Waals surface area (Å²) < 4.78 is 10.9. The van der Waals surface area contributed by atoms with Gasteiger partial charge in [-0.2, -0.15) is 0 Å². The molecular weight excluding hydrogens is 452 g/mol. The highest BCUT2D eigenvalue weighted by Crippen LogP contribution is 2.33. The maximum Gasteiger partial charge on any atom is 0.243 e. The third kappa shape index (κ3) is 6.45. The van der Waals surface area contributed by atoms with Crippen molar-refractivity contribution in [1.29, 1.82) is 0 Å². The van der Waals surface area contributed by atoms with Crippen LogP contribution in [-0.2, 0) is 29.0 Å². The van der Waals surface area contributed by atoms with Gasteiger partial charge in [-0.3, -0.25) is 9.59 Å². The van der Waals surface area contributed by atoms with Gasteiger partial charge in [-0.1, -0.05) is 67.6 Å². The van der Waals surface area contributed by atoms with Gasteiger partial charge in [0.15, 0.2) is 11.5 Å².